The normalized spacial score (nSPS) is 33.5. The molecule has 2 heterocycles. The number of esters is 1. The van der Waals surface area contributed by atoms with E-state index in [1.807, 2.05) is 0 Å². The summed E-state index contributed by atoms with van der Waals surface area (Å²) in [6.45, 7) is 1.39. The van der Waals surface area contributed by atoms with Gasteiger partial charge in [0.15, 0.2) is 23.9 Å². The van der Waals surface area contributed by atoms with Gasteiger partial charge in [-0.25, -0.2) is 4.79 Å². The van der Waals surface area contributed by atoms with Gasteiger partial charge in [0.05, 0.1) is 18.6 Å². The molecule has 1 aromatic carbocycles. The van der Waals surface area contributed by atoms with Gasteiger partial charge in [-0.1, -0.05) is 0 Å². The zero-order valence-corrected chi connectivity index (χ0v) is 19.6. The lowest BCUT2D eigenvalue weighted by Gasteiger charge is -2.56. The number of Topliss-reactive ketones (excluding diaryl/α,β-unsaturated/α-hetero) is 1. The highest BCUT2D eigenvalue weighted by Gasteiger charge is 2.57. The molecular formula is C27H33NO6. The lowest BCUT2D eigenvalue weighted by atomic mass is 9.49. The summed E-state index contributed by atoms with van der Waals surface area (Å²) in [5.41, 5.74) is 0.155. The first-order valence-corrected chi connectivity index (χ1v) is 12.9. The van der Waals surface area contributed by atoms with E-state index in [4.69, 9.17) is 14.2 Å². The SMILES string of the molecule is O=C(COC(=O)C1CCCN1C(=O)C12CC3CC(CC(C3)C1)C2)c1ccc2c(c1)OCCCO2. The number of rotatable bonds is 5. The average Bonchev–Trinajstić information content (AvgIpc) is 3.19. The van der Waals surface area contributed by atoms with E-state index in [-0.39, 0.29) is 23.7 Å². The summed E-state index contributed by atoms with van der Waals surface area (Å²) < 4.78 is 16.7. The Bertz CT molecular complexity index is 968. The van der Waals surface area contributed by atoms with E-state index in [1.165, 1.54) is 19.3 Å². The molecule has 1 atom stereocenters. The maximum Gasteiger partial charge on any atom is 0.329 e. The van der Waals surface area contributed by atoms with Crippen molar-refractivity contribution < 1.29 is 28.6 Å². The molecule has 1 saturated heterocycles. The second-order valence-corrected chi connectivity index (χ2v) is 11.1. The van der Waals surface area contributed by atoms with Crippen molar-refractivity contribution in [1.82, 2.24) is 4.90 Å². The summed E-state index contributed by atoms with van der Waals surface area (Å²) in [5.74, 6) is 2.61. The highest BCUT2D eigenvalue weighted by atomic mass is 16.5. The van der Waals surface area contributed by atoms with Crippen LogP contribution in [0.4, 0.5) is 0 Å². The van der Waals surface area contributed by atoms with Gasteiger partial charge in [0.2, 0.25) is 5.91 Å². The highest BCUT2D eigenvalue weighted by Crippen LogP contribution is 2.60. The lowest BCUT2D eigenvalue weighted by molar-refractivity contribution is -0.165. The predicted octanol–water partition coefficient (Wildman–Crippen LogP) is 3.78. The first kappa shape index (κ1) is 21.9. The van der Waals surface area contributed by atoms with Crippen LogP contribution in [0.5, 0.6) is 11.5 Å². The van der Waals surface area contributed by atoms with E-state index >= 15 is 0 Å². The Morgan fingerprint density at radius 1 is 0.941 bits per heavy atom. The number of fused-ring (bicyclic) bond motifs is 1. The molecule has 34 heavy (non-hydrogen) atoms. The Hall–Kier alpha value is -2.57. The maximum absolute atomic E-state index is 13.8. The van der Waals surface area contributed by atoms with Gasteiger partial charge in [-0.05, 0) is 87.3 Å². The quantitative estimate of drug-likeness (QED) is 0.484. The van der Waals surface area contributed by atoms with Crippen molar-refractivity contribution in [1.29, 1.82) is 0 Å². The number of amides is 1. The molecule has 4 aliphatic carbocycles. The van der Waals surface area contributed by atoms with Crippen LogP contribution >= 0.6 is 0 Å². The summed E-state index contributed by atoms with van der Waals surface area (Å²) in [6, 6.07) is 4.47. The minimum absolute atomic E-state index is 0.167. The summed E-state index contributed by atoms with van der Waals surface area (Å²) in [4.78, 5) is 41.3. The molecule has 4 saturated carbocycles. The van der Waals surface area contributed by atoms with Crippen molar-refractivity contribution in [3.05, 3.63) is 23.8 Å². The fourth-order valence-corrected chi connectivity index (χ4v) is 7.58. The third-order valence-corrected chi connectivity index (χ3v) is 8.69. The smallest absolute Gasteiger partial charge is 0.329 e. The predicted molar refractivity (Wildman–Crippen MR) is 123 cm³/mol. The molecule has 0 radical (unpaired) electrons. The zero-order valence-electron chi connectivity index (χ0n) is 19.6. The third-order valence-electron chi connectivity index (χ3n) is 8.69. The van der Waals surface area contributed by atoms with Crippen molar-refractivity contribution in [2.45, 2.75) is 63.8 Å². The van der Waals surface area contributed by atoms with E-state index in [0.29, 0.717) is 61.0 Å². The molecule has 2 aliphatic heterocycles. The number of hydrogen-bond donors (Lipinski definition) is 0. The molecule has 7 nitrogen and oxygen atoms in total. The molecule has 0 N–H and O–H groups in total. The molecule has 5 fully saturated rings. The van der Waals surface area contributed by atoms with Crippen molar-refractivity contribution in [3.8, 4) is 11.5 Å². The maximum atomic E-state index is 13.8. The Morgan fingerprint density at radius 2 is 1.62 bits per heavy atom. The van der Waals surface area contributed by atoms with E-state index in [1.54, 1.807) is 23.1 Å². The molecule has 1 amide bonds. The standard InChI is InChI=1S/C27H33NO6/c29-22(20-4-5-23-24(12-20)33-8-2-7-32-23)16-34-25(30)21-3-1-6-28(21)26(31)27-13-17-9-18(14-27)11-19(10-17)15-27/h4-5,12,17-19,21H,1-3,6-11,13-16H2. The summed E-state index contributed by atoms with van der Waals surface area (Å²) in [5, 5.41) is 0. The van der Waals surface area contributed by atoms with E-state index < -0.39 is 12.0 Å². The van der Waals surface area contributed by atoms with Crippen molar-refractivity contribution >= 4 is 17.7 Å². The first-order valence-electron chi connectivity index (χ1n) is 12.9. The highest BCUT2D eigenvalue weighted by molar-refractivity contribution is 5.99. The molecule has 4 bridgehead atoms. The molecule has 7 rings (SSSR count). The van der Waals surface area contributed by atoms with Crippen LogP contribution in [0.25, 0.3) is 0 Å². The third kappa shape index (κ3) is 3.87. The van der Waals surface area contributed by atoms with Crippen molar-refractivity contribution in [2.75, 3.05) is 26.4 Å². The van der Waals surface area contributed by atoms with Crippen LogP contribution in [0.15, 0.2) is 18.2 Å². The number of likely N-dealkylation sites (tertiary alicyclic amines) is 1. The van der Waals surface area contributed by atoms with Gasteiger partial charge in [-0.15, -0.1) is 0 Å². The average molecular weight is 468 g/mol. The van der Waals surface area contributed by atoms with Crippen LogP contribution in [-0.2, 0) is 14.3 Å². The van der Waals surface area contributed by atoms with Gasteiger partial charge in [-0.3, -0.25) is 9.59 Å². The van der Waals surface area contributed by atoms with Crippen LogP contribution in [0.2, 0.25) is 0 Å². The molecule has 7 heteroatoms. The lowest BCUT2D eigenvalue weighted by Crippen LogP contribution is -2.56. The van der Waals surface area contributed by atoms with Gasteiger partial charge in [0, 0.05) is 18.5 Å². The second kappa shape index (κ2) is 8.58. The molecule has 6 aliphatic rings. The molecule has 0 aromatic heterocycles. The Morgan fingerprint density at radius 3 is 2.32 bits per heavy atom. The first-order chi connectivity index (χ1) is 16.5. The van der Waals surface area contributed by atoms with Crippen molar-refractivity contribution in [2.24, 2.45) is 23.2 Å². The van der Waals surface area contributed by atoms with Crippen LogP contribution < -0.4 is 9.47 Å². The number of benzene rings is 1. The van der Waals surface area contributed by atoms with E-state index in [9.17, 15) is 14.4 Å². The number of hydrogen-bond acceptors (Lipinski definition) is 6. The number of ether oxygens (including phenoxy) is 3. The van der Waals surface area contributed by atoms with Gasteiger partial charge in [0.1, 0.15) is 6.04 Å². The number of ketones is 1. The molecule has 0 spiro atoms. The topological polar surface area (TPSA) is 82.1 Å². The number of carbonyl (C=O) groups is 3. The fourth-order valence-electron chi connectivity index (χ4n) is 7.58. The summed E-state index contributed by atoms with van der Waals surface area (Å²) in [7, 11) is 0. The molecule has 1 aromatic rings. The Balaban J connectivity index is 1.10. The van der Waals surface area contributed by atoms with Crippen LogP contribution in [0.3, 0.4) is 0 Å². The largest absolute Gasteiger partial charge is 0.490 e. The number of carbonyl (C=O) groups excluding carboxylic acids is 3. The minimum atomic E-state index is -0.572. The second-order valence-electron chi connectivity index (χ2n) is 11.1. The van der Waals surface area contributed by atoms with Crippen LogP contribution in [-0.4, -0.2) is 55.0 Å². The number of nitrogens with zero attached hydrogens (tertiary/aromatic N) is 1. The summed E-state index contributed by atoms with van der Waals surface area (Å²) in [6.07, 6.45) is 8.98. The van der Waals surface area contributed by atoms with Crippen molar-refractivity contribution in [3.63, 3.8) is 0 Å². The van der Waals surface area contributed by atoms with Gasteiger partial charge in [0.25, 0.3) is 0 Å². The van der Waals surface area contributed by atoms with Crippen LogP contribution in [0, 0.1) is 23.2 Å². The zero-order chi connectivity index (χ0) is 23.3. The monoisotopic (exact) mass is 467 g/mol. The van der Waals surface area contributed by atoms with E-state index in [0.717, 1.165) is 32.1 Å². The van der Waals surface area contributed by atoms with Gasteiger partial charge >= 0.3 is 5.97 Å². The molecule has 182 valence electrons. The molecular weight excluding hydrogens is 434 g/mol. The van der Waals surface area contributed by atoms with Gasteiger partial charge < -0.3 is 19.1 Å². The Labute approximate surface area is 200 Å². The van der Waals surface area contributed by atoms with Crippen LogP contribution in [0.1, 0.15) is 68.1 Å². The molecule has 1 unspecified atom stereocenters. The van der Waals surface area contributed by atoms with E-state index in [2.05, 4.69) is 0 Å². The summed E-state index contributed by atoms with van der Waals surface area (Å²) >= 11 is 0. The fraction of sp³-hybridized carbons (Fsp3) is 0.667. The Kier molecular flexibility index (Phi) is 5.53. The van der Waals surface area contributed by atoms with Gasteiger partial charge in [-0.2, -0.15) is 0 Å². The minimum Gasteiger partial charge on any atom is -0.490 e.